The van der Waals surface area contributed by atoms with E-state index < -0.39 is 0 Å². The lowest BCUT2D eigenvalue weighted by Gasteiger charge is -2.19. The van der Waals surface area contributed by atoms with E-state index in [9.17, 15) is 0 Å². The van der Waals surface area contributed by atoms with Crippen molar-refractivity contribution in [1.82, 2.24) is 5.32 Å². The van der Waals surface area contributed by atoms with Crippen LogP contribution in [0.2, 0.25) is 0 Å². The van der Waals surface area contributed by atoms with Crippen molar-refractivity contribution in [1.29, 1.82) is 0 Å². The van der Waals surface area contributed by atoms with Crippen LogP contribution in [0.5, 0.6) is 5.75 Å². The minimum absolute atomic E-state index is 0.186. The average Bonchev–Trinajstić information content (AvgIpc) is 2.88. The molecule has 0 bridgehead atoms. The van der Waals surface area contributed by atoms with Gasteiger partial charge in [-0.15, -0.1) is 0 Å². The van der Waals surface area contributed by atoms with Gasteiger partial charge in [0.1, 0.15) is 11.5 Å². The van der Waals surface area contributed by atoms with Crippen molar-refractivity contribution in [2.24, 2.45) is 0 Å². The molecule has 0 fully saturated rings. The monoisotopic (exact) mass is 245 g/mol. The Labute approximate surface area is 108 Å². The topological polar surface area (TPSA) is 34.4 Å². The van der Waals surface area contributed by atoms with E-state index in [1.807, 2.05) is 25.2 Å². The maximum absolute atomic E-state index is 5.43. The largest absolute Gasteiger partial charge is 0.496 e. The Balaban J connectivity index is 2.28. The summed E-state index contributed by atoms with van der Waals surface area (Å²) in [5.41, 5.74) is 2.39. The maximum atomic E-state index is 5.43. The summed E-state index contributed by atoms with van der Waals surface area (Å²) < 4.78 is 10.8. The summed E-state index contributed by atoms with van der Waals surface area (Å²) in [7, 11) is 3.66. The van der Waals surface area contributed by atoms with Gasteiger partial charge in [0.15, 0.2) is 0 Å². The number of hydrogen-bond acceptors (Lipinski definition) is 3. The average molecular weight is 245 g/mol. The minimum atomic E-state index is 0.186. The molecule has 0 aliphatic carbocycles. The molecule has 3 heteroatoms. The first-order valence-corrected chi connectivity index (χ1v) is 6.08. The fraction of sp³-hybridized carbons (Fsp3) is 0.333. The SMILES string of the molecule is CNC(Cc1ccco1)c1cc(C)ccc1OC. The molecule has 2 aromatic rings. The highest BCUT2D eigenvalue weighted by atomic mass is 16.5. The zero-order valence-electron chi connectivity index (χ0n) is 11.1. The number of aryl methyl sites for hydroxylation is 1. The number of methoxy groups -OCH3 is 1. The van der Waals surface area contributed by atoms with Gasteiger partial charge in [0, 0.05) is 18.0 Å². The van der Waals surface area contributed by atoms with Crippen molar-refractivity contribution in [3.05, 3.63) is 53.5 Å². The van der Waals surface area contributed by atoms with Gasteiger partial charge in [0.25, 0.3) is 0 Å². The Hall–Kier alpha value is -1.74. The lowest BCUT2D eigenvalue weighted by Crippen LogP contribution is -2.19. The first kappa shape index (κ1) is 12.7. The molecule has 0 amide bonds. The van der Waals surface area contributed by atoms with Crippen molar-refractivity contribution >= 4 is 0 Å². The highest BCUT2D eigenvalue weighted by Gasteiger charge is 2.16. The lowest BCUT2D eigenvalue weighted by atomic mass is 9.99. The molecule has 18 heavy (non-hydrogen) atoms. The Kier molecular flexibility index (Phi) is 4.05. The van der Waals surface area contributed by atoms with Crippen LogP contribution in [0, 0.1) is 6.92 Å². The van der Waals surface area contributed by atoms with Crippen LogP contribution in [-0.2, 0) is 6.42 Å². The van der Waals surface area contributed by atoms with Crippen molar-refractivity contribution in [3.8, 4) is 5.75 Å². The van der Waals surface area contributed by atoms with Crippen LogP contribution < -0.4 is 10.1 Å². The standard InChI is InChI=1S/C15H19NO2/c1-11-6-7-15(17-3)13(9-11)14(16-2)10-12-5-4-8-18-12/h4-9,14,16H,10H2,1-3H3. The zero-order valence-corrected chi connectivity index (χ0v) is 11.1. The van der Waals surface area contributed by atoms with Crippen LogP contribution in [0.1, 0.15) is 22.9 Å². The number of rotatable bonds is 5. The van der Waals surface area contributed by atoms with Gasteiger partial charge in [-0.25, -0.2) is 0 Å². The Morgan fingerprint density at radius 1 is 1.33 bits per heavy atom. The molecule has 0 spiro atoms. The third kappa shape index (κ3) is 2.74. The number of benzene rings is 1. The Morgan fingerprint density at radius 3 is 2.78 bits per heavy atom. The summed E-state index contributed by atoms with van der Waals surface area (Å²) in [5.74, 6) is 1.88. The van der Waals surface area contributed by atoms with Crippen LogP contribution in [0.15, 0.2) is 41.0 Å². The molecule has 1 unspecified atom stereocenters. The van der Waals surface area contributed by atoms with Gasteiger partial charge in [0.05, 0.1) is 13.4 Å². The molecule has 0 saturated heterocycles. The first-order chi connectivity index (χ1) is 8.74. The summed E-state index contributed by atoms with van der Waals surface area (Å²) in [6.07, 6.45) is 2.51. The van der Waals surface area contributed by atoms with E-state index in [4.69, 9.17) is 9.15 Å². The number of ether oxygens (including phenoxy) is 1. The van der Waals surface area contributed by atoms with Gasteiger partial charge in [-0.05, 0) is 32.2 Å². The van der Waals surface area contributed by atoms with Gasteiger partial charge in [-0.3, -0.25) is 0 Å². The molecule has 2 rings (SSSR count). The van der Waals surface area contributed by atoms with Crippen molar-refractivity contribution < 1.29 is 9.15 Å². The normalized spacial score (nSPS) is 12.4. The molecule has 1 atom stereocenters. The fourth-order valence-electron chi connectivity index (χ4n) is 2.12. The lowest BCUT2D eigenvalue weighted by molar-refractivity contribution is 0.396. The number of furan rings is 1. The molecule has 0 aliphatic rings. The summed E-state index contributed by atoms with van der Waals surface area (Å²) in [5, 5.41) is 3.32. The molecule has 0 aliphatic heterocycles. The van der Waals surface area contributed by atoms with E-state index in [0.29, 0.717) is 0 Å². The summed E-state index contributed by atoms with van der Waals surface area (Å²) >= 11 is 0. The Morgan fingerprint density at radius 2 is 2.17 bits per heavy atom. The van der Waals surface area contributed by atoms with Crippen LogP contribution >= 0.6 is 0 Å². The van der Waals surface area contributed by atoms with E-state index >= 15 is 0 Å². The molecule has 1 aromatic heterocycles. The summed E-state index contributed by atoms with van der Waals surface area (Å²) in [6, 6.07) is 10.3. The van der Waals surface area contributed by atoms with Crippen molar-refractivity contribution in [3.63, 3.8) is 0 Å². The van der Waals surface area contributed by atoms with Crippen LogP contribution in [0.25, 0.3) is 0 Å². The van der Waals surface area contributed by atoms with Crippen LogP contribution in [0.4, 0.5) is 0 Å². The molecule has 1 aromatic carbocycles. The van der Waals surface area contributed by atoms with E-state index in [0.717, 1.165) is 23.5 Å². The van der Waals surface area contributed by atoms with E-state index in [2.05, 4.69) is 24.4 Å². The fourth-order valence-corrected chi connectivity index (χ4v) is 2.12. The molecule has 3 nitrogen and oxygen atoms in total. The van der Waals surface area contributed by atoms with Crippen LogP contribution in [0.3, 0.4) is 0 Å². The van der Waals surface area contributed by atoms with E-state index in [-0.39, 0.29) is 6.04 Å². The summed E-state index contributed by atoms with van der Waals surface area (Å²) in [6.45, 7) is 2.09. The quantitative estimate of drug-likeness (QED) is 0.879. The third-order valence-corrected chi connectivity index (χ3v) is 3.09. The zero-order chi connectivity index (χ0) is 13.0. The van der Waals surface area contributed by atoms with E-state index in [1.54, 1.807) is 13.4 Å². The number of hydrogen-bond donors (Lipinski definition) is 1. The van der Waals surface area contributed by atoms with Gasteiger partial charge in [-0.2, -0.15) is 0 Å². The number of likely N-dealkylation sites (N-methyl/N-ethyl adjacent to an activating group) is 1. The molecule has 0 saturated carbocycles. The van der Waals surface area contributed by atoms with Crippen molar-refractivity contribution in [2.75, 3.05) is 14.2 Å². The highest BCUT2D eigenvalue weighted by Crippen LogP contribution is 2.28. The Bertz CT molecular complexity index is 491. The molecule has 96 valence electrons. The minimum Gasteiger partial charge on any atom is -0.496 e. The van der Waals surface area contributed by atoms with Gasteiger partial charge < -0.3 is 14.5 Å². The molecule has 1 N–H and O–H groups in total. The molecular formula is C15H19NO2. The second-order valence-electron chi connectivity index (χ2n) is 4.37. The predicted molar refractivity (Wildman–Crippen MR) is 71.9 cm³/mol. The molecule has 1 heterocycles. The first-order valence-electron chi connectivity index (χ1n) is 6.08. The molecular weight excluding hydrogens is 226 g/mol. The maximum Gasteiger partial charge on any atom is 0.123 e. The highest BCUT2D eigenvalue weighted by molar-refractivity contribution is 5.39. The van der Waals surface area contributed by atoms with Gasteiger partial charge >= 0.3 is 0 Å². The van der Waals surface area contributed by atoms with Gasteiger partial charge in [-0.1, -0.05) is 17.7 Å². The van der Waals surface area contributed by atoms with E-state index in [1.165, 1.54) is 5.56 Å². The number of nitrogens with one attached hydrogen (secondary N) is 1. The third-order valence-electron chi connectivity index (χ3n) is 3.09. The predicted octanol–water partition coefficient (Wildman–Crippen LogP) is 3.10. The second-order valence-corrected chi connectivity index (χ2v) is 4.37. The van der Waals surface area contributed by atoms with Crippen LogP contribution in [-0.4, -0.2) is 14.2 Å². The molecule has 0 radical (unpaired) electrons. The smallest absolute Gasteiger partial charge is 0.123 e. The van der Waals surface area contributed by atoms with Crippen molar-refractivity contribution in [2.45, 2.75) is 19.4 Å². The summed E-state index contributed by atoms with van der Waals surface area (Å²) in [4.78, 5) is 0. The second kappa shape index (κ2) is 5.74. The van der Waals surface area contributed by atoms with Gasteiger partial charge in [0.2, 0.25) is 0 Å².